The molecule has 4 nitrogen and oxygen atoms in total. The lowest BCUT2D eigenvalue weighted by molar-refractivity contribution is -0.126. The number of thiophene rings is 1. The zero-order chi connectivity index (χ0) is 13.1. The number of rotatable bonds is 3. The summed E-state index contributed by atoms with van der Waals surface area (Å²) in [4.78, 5) is 14.6. The molecule has 1 aromatic heterocycles. The number of carbonyl (C=O) groups is 1. The summed E-state index contributed by atoms with van der Waals surface area (Å²) in [5.41, 5.74) is 1.21. The highest BCUT2D eigenvalue weighted by Crippen LogP contribution is 2.26. The van der Waals surface area contributed by atoms with Gasteiger partial charge in [0.15, 0.2) is 0 Å². The molecule has 0 radical (unpaired) electrons. The van der Waals surface area contributed by atoms with Gasteiger partial charge in [0.05, 0.1) is 19.3 Å². The van der Waals surface area contributed by atoms with Crippen molar-refractivity contribution < 1.29 is 9.53 Å². The Bertz CT molecular complexity index is 425. The Hall–Kier alpha value is -0.910. The van der Waals surface area contributed by atoms with E-state index in [0.717, 1.165) is 6.54 Å². The molecule has 0 bridgehead atoms. The molecule has 0 aliphatic carbocycles. The molecule has 2 unspecified atom stereocenters. The van der Waals surface area contributed by atoms with Gasteiger partial charge in [0.1, 0.15) is 6.04 Å². The first kappa shape index (κ1) is 13.5. The Balaban J connectivity index is 1.96. The highest BCUT2D eigenvalue weighted by Gasteiger charge is 2.23. The smallest absolute Gasteiger partial charge is 0.240 e. The van der Waals surface area contributed by atoms with Crippen molar-refractivity contribution in [2.24, 2.45) is 0 Å². The van der Waals surface area contributed by atoms with Crippen LogP contribution in [0, 0.1) is 13.8 Å². The van der Waals surface area contributed by atoms with Gasteiger partial charge in [-0.05, 0) is 32.4 Å². The topological polar surface area (TPSA) is 50.4 Å². The number of morpholine rings is 1. The van der Waals surface area contributed by atoms with Crippen molar-refractivity contribution >= 4 is 17.2 Å². The second-order valence-corrected chi connectivity index (χ2v) is 6.14. The monoisotopic (exact) mass is 268 g/mol. The van der Waals surface area contributed by atoms with Gasteiger partial charge in [-0.15, -0.1) is 11.3 Å². The number of amides is 1. The maximum Gasteiger partial charge on any atom is 0.240 e. The molecule has 0 spiro atoms. The molecule has 0 aromatic carbocycles. The van der Waals surface area contributed by atoms with Crippen LogP contribution in [0.4, 0.5) is 0 Å². The second kappa shape index (κ2) is 5.82. The number of hydrogen-bond acceptors (Lipinski definition) is 4. The highest BCUT2D eigenvalue weighted by atomic mass is 32.1. The van der Waals surface area contributed by atoms with Crippen LogP contribution in [0.3, 0.4) is 0 Å². The first-order valence-electron chi connectivity index (χ1n) is 6.26. The van der Waals surface area contributed by atoms with E-state index in [2.05, 4.69) is 30.5 Å². The van der Waals surface area contributed by atoms with Gasteiger partial charge >= 0.3 is 0 Å². The van der Waals surface area contributed by atoms with Gasteiger partial charge in [0, 0.05) is 16.3 Å². The summed E-state index contributed by atoms with van der Waals surface area (Å²) in [6.45, 7) is 8.09. The second-order valence-electron chi connectivity index (χ2n) is 4.68. The first-order valence-corrected chi connectivity index (χ1v) is 7.08. The van der Waals surface area contributed by atoms with Crippen molar-refractivity contribution in [3.8, 4) is 0 Å². The molecule has 2 heterocycles. The summed E-state index contributed by atoms with van der Waals surface area (Å²) in [6.07, 6.45) is 0. The third-order valence-electron chi connectivity index (χ3n) is 3.14. The molecule has 2 N–H and O–H groups in total. The van der Waals surface area contributed by atoms with Gasteiger partial charge < -0.3 is 15.4 Å². The number of hydrogen-bond donors (Lipinski definition) is 2. The van der Waals surface area contributed by atoms with Crippen molar-refractivity contribution in [3.63, 3.8) is 0 Å². The average Bonchev–Trinajstić information content (AvgIpc) is 2.69. The number of nitrogens with one attached hydrogen (secondary N) is 2. The van der Waals surface area contributed by atoms with E-state index in [4.69, 9.17) is 4.74 Å². The van der Waals surface area contributed by atoms with Crippen LogP contribution in [0.25, 0.3) is 0 Å². The summed E-state index contributed by atoms with van der Waals surface area (Å²) in [5, 5.41) is 6.21. The zero-order valence-electron chi connectivity index (χ0n) is 11.1. The molecule has 1 aliphatic rings. The van der Waals surface area contributed by atoms with E-state index in [-0.39, 0.29) is 18.0 Å². The molecule has 100 valence electrons. The molecule has 1 saturated heterocycles. The quantitative estimate of drug-likeness (QED) is 0.874. The predicted molar refractivity (Wildman–Crippen MR) is 73.0 cm³/mol. The Labute approximate surface area is 112 Å². The summed E-state index contributed by atoms with van der Waals surface area (Å²) in [6, 6.07) is 1.97. The van der Waals surface area contributed by atoms with Gasteiger partial charge in [-0.25, -0.2) is 0 Å². The lowest BCUT2D eigenvalue weighted by atomic mass is 10.1. The van der Waals surface area contributed by atoms with Crippen LogP contribution in [0.15, 0.2) is 6.07 Å². The standard InChI is InChI=1S/C13H20N2O2S/c1-8-6-11(10(3)18-8)9(2)15-13(16)12-7-17-5-4-14-12/h6,9,12,14H,4-5,7H2,1-3H3,(H,15,16). The number of ether oxygens (including phenoxy) is 1. The van der Waals surface area contributed by atoms with Gasteiger partial charge in [0.2, 0.25) is 5.91 Å². The van der Waals surface area contributed by atoms with E-state index < -0.39 is 0 Å². The Morgan fingerprint density at radius 1 is 1.61 bits per heavy atom. The average molecular weight is 268 g/mol. The van der Waals surface area contributed by atoms with E-state index >= 15 is 0 Å². The summed E-state index contributed by atoms with van der Waals surface area (Å²) >= 11 is 1.77. The van der Waals surface area contributed by atoms with Crippen LogP contribution < -0.4 is 10.6 Å². The predicted octanol–water partition coefficient (Wildman–Crippen LogP) is 1.53. The van der Waals surface area contributed by atoms with E-state index in [0.29, 0.717) is 13.2 Å². The summed E-state index contributed by atoms with van der Waals surface area (Å²) in [7, 11) is 0. The molecular formula is C13H20N2O2S. The number of carbonyl (C=O) groups excluding carboxylic acids is 1. The lowest BCUT2D eigenvalue weighted by Crippen LogP contribution is -2.51. The summed E-state index contributed by atoms with van der Waals surface area (Å²) in [5.74, 6) is 0.0189. The molecule has 1 fully saturated rings. The minimum Gasteiger partial charge on any atom is -0.378 e. The Morgan fingerprint density at radius 3 is 2.94 bits per heavy atom. The molecule has 1 aromatic rings. The third kappa shape index (κ3) is 3.10. The molecule has 2 rings (SSSR count). The maximum absolute atomic E-state index is 12.0. The minimum absolute atomic E-state index is 0.0189. The van der Waals surface area contributed by atoms with Crippen LogP contribution in [-0.4, -0.2) is 31.7 Å². The molecular weight excluding hydrogens is 248 g/mol. The minimum atomic E-state index is -0.221. The fraction of sp³-hybridized carbons (Fsp3) is 0.615. The molecule has 18 heavy (non-hydrogen) atoms. The van der Waals surface area contributed by atoms with Crippen molar-refractivity contribution in [1.29, 1.82) is 0 Å². The van der Waals surface area contributed by atoms with Gasteiger partial charge in [0.25, 0.3) is 0 Å². The zero-order valence-corrected chi connectivity index (χ0v) is 11.9. The van der Waals surface area contributed by atoms with E-state index in [1.54, 1.807) is 11.3 Å². The third-order valence-corrected chi connectivity index (χ3v) is 4.12. The van der Waals surface area contributed by atoms with Crippen LogP contribution in [-0.2, 0) is 9.53 Å². The van der Waals surface area contributed by atoms with E-state index in [1.165, 1.54) is 15.3 Å². The fourth-order valence-corrected chi connectivity index (χ4v) is 3.23. The highest BCUT2D eigenvalue weighted by molar-refractivity contribution is 7.12. The first-order chi connectivity index (χ1) is 8.58. The normalized spacial score (nSPS) is 21.6. The van der Waals surface area contributed by atoms with Crippen molar-refractivity contribution in [2.75, 3.05) is 19.8 Å². The van der Waals surface area contributed by atoms with Crippen LogP contribution in [0.1, 0.15) is 28.3 Å². The van der Waals surface area contributed by atoms with Crippen LogP contribution >= 0.6 is 11.3 Å². The Kier molecular flexibility index (Phi) is 4.37. The SMILES string of the molecule is Cc1cc(C(C)NC(=O)C2COCCN2)c(C)s1. The number of aryl methyl sites for hydroxylation is 2. The maximum atomic E-state index is 12.0. The molecule has 5 heteroatoms. The van der Waals surface area contributed by atoms with Crippen molar-refractivity contribution in [3.05, 3.63) is 21.4 Å². The van der Waals surface area contributed by atoms with Gasteiger partial charge in [-0.3, -0.25) is 4.79 Å². The van der Waals surface area contributed by atoms with Crippen LogP contribution in [0.2, 0.25) is 0 Å². The Morgan fingerprint density at radius 2 is 2.39 bits per heavy atom. The van der Waals surface area contributed by atoms with Crippen molar-refractivity contribution in [2.45, 2.75) is 32.9 Å². The fourth-order valence-electron chi connectivity index (χ4n) is 2.21. The summed E-state index contributed by atoms with van der Waals surface area (Å²) < 4.78 is 5.30. The molecule has 1 amide bonds. The molecule has 1 aliphatic heterocycles. The largest absolute Gasteiger partial charge is 0.378 e. The van der Waals surface area contributed by atoms with Crippen molar-refractivity contribution in [1.82, 2.24) is 10.6 Å². The van der Waals surface area contributed by atoms with Gasteiger partial charge in [-0.2, -0.15) is 0 Å². The lowest BCUT2D eigenvalue weighted by Gasteiger charge is -2.24. The molecule has 2 atom stereocenters. The van der Waals surface area contributed by atoms with Gasteiger partial charge in [-0.1, -0.05) is 0 Å². The van der Waals surface area contributed by atoms with Crippen LogP contribution in [0.5, 0.6) is 0 Å². The van der Waals surface area contributed by atoms with E-state index in [9.17, 15) is 4.79 Å². The molecule has 0 saturated carbocycles. The van der Waals surface area contributed by atoms with E-state index in [1.807, 2.05) is 6.92 Å².